The van der Waals surface area contributed by atoms with Gasteiger partial charge in [-0.2, -0.15) is 0 Å². The van der Waals surface area contributed by atoms with E-state index in [1.165, 1.54) is 0 Å². The Hall–Kier alpha value is -0.410. The van der Waals surface area contributed by atoms with Gasteiger partial charge in [0.25, 0.3) is 0 Å². The van der Waals surface area contributed by atoms with Gasteiger partial charge in [0, 0.05) is 13.2 Å². The maximum Gasteiger partial charge on any atom is 0.160 e. The largest absolute Gasteiger partial charge is 0.372 e. The summed E-state index contributed by atoms with van der Waals surface area (Å²) in [6, 6.07) is 0.137. The Bertz CT molecular complexity index is 134. The van der Waals surface area contributed by atoms with E-state index >= 15 is 0 Å². The summed E-state index contributed by atoms with van der Waals surface area (Å²) < 4.78 is 5.04. The highest BCUT2D eigenvalue weighted by atomic mass is 16.5. The van der Waals surface area contributed by atoms with Gasteiger partial charge in [0.15, 0.2) is 5.78 Å². The predicted octanol–water partition coefficient (Wildman–Crippen LogP) is 0.540. The van der Waals surface area contributed by atoms with E-state index in [1.807, 2.05) is 25.9 Å². The molecule has 2 atom stereocenters. The molecule has 0 fully saturated rings. The zero-order valence-electron chi connectivity index (χ0n) is 7.92. The van der Waals surface area contributed by atoms with Gasteiger partial charge in [0.05, 0.1) is 0 Å². The molecule has 0 saturated heterocycles. The average molecular weight is 159 g/mol. The maximum atomic E-state index is 11.0. The number of Topliss-reactive ketones (excluding diaryl/α,β-unsaturated/α-hetero) is 1. The number of hydrogen-bond donors (Lipinski definition) is 0. The molecular formula is C8H17NO2. The lowest BCUT2D eigenvalue weighted by molar-refractivity contribution is -0.129. The molecular weight excluding hydrogens is 142 g/mol. The van der Waals surface area contributed by atoms with E-state index in [0.29, 0.717) is 0 Å². The van der Waals surface area contributed by atoms with Crippen molar-refractivity contribution in [3.05, 3.63) is 0 Å². The highest BCUT2D eigenvalue weighted by molar-refractivity contribution is 5.81. The predicted molar refractivity (Wildman–Crippen MR) is 44.6 cm³/mol. The fraction of sp³-hybridized carbons (Fsp3) is 0.875. The minimum absolute atomic E-state index is 0.0775. The standard InChI is InChI=1S/C8H17NO2/c1-6(9(3)4)8(11-5)7(2)10/h6,8H,1-5H3/t6-,8+/m0/s1. The topological polar surface area (TPSA) is 29.5 Å². The molecule has 3 nitrogen and oxygen atoms in total. The Labute approximate surface area is 68.3 Å². The number of ether oxygens (including phenoxy) is 1. The Morgan fingerprint density at radius 1 is 1.45 bits per heavy atom. The van der Waals surface area contributed by atoms with Crippen molar-refractivity contribution in [2.45, 2.75) is 26.0 Å². The molecule has 0 N–H and O–H groups in total. The summed E-state index contributed by atoms with van der Waals surface area (Å²) in [7, 11) is 5.42. The van der Waals surface area contributed by atoms with Gasteiger partial charge in [0.1, 0.15) is 6.10 Å². The second kappa shape index (κ2) is 4.46. The molecule has 0 saturated carbocycles. The van der Waals surface area contributed by atoms with Crippen LogP contribution in [0.5, 0.6) is 0 Å². The SMILES string of the molecule is CO[C@@H](C(C)=O)[C@H](C)N(C)C. The van der Waals surface area contributed by atoms with Crippen LogP contribution in [0.2, 0.25) is 0 Å². The van der Waals surface area contributed by atoms with E-state index in [4.69, 9.17) is 4.74 Å². The molecule has 0 spiro atoms. The second-order valence-corrected chi connectivity index (χ2v) is 2.97. The highest BCUT2D eigenvalue weighted by Crippen LogP contribution is 2.04. The number of rotatable bonds is 4. The molecule has 11 heavy (non-hydrogen) atoms. The molecule has 0 aliphatic rings. The second-order valence-electron chi connectivity index (χ2n) is 2.97. The number of carbonyl (C=O) groups is 1. The molecule has 0 aliphatic carbocycles. The van der Waals surface area contributed by atoms with Gasteiger partial charge >= 0.3 is 0 Å². The first-order valence-corrected chi connectivity index (χ1v) is 3.70. The zero-order chi connectivity index (χ0) is 9.02. The van der Waals surface area contributed by atoms with Crippen LogP contribution in [0.1, 0.15) is 13.8 Å². The first kappa shape index (κ1) is 10.6. The normalized spacial score (nSPS) is 16.5. The number of methoxy groups -OCH3 is 1. The summed E-state index contributed by atoms with van der Waals surface area (Å²) in [5.74, 6) is 0.0775. The van der Waals surface area contributed by atoms with Gasteiger partial charge in [-0.25, -0.2) is 0 Å². The molecule has 0 aromatic rings. The van der Waals surface area contributed by atoms with E-state index in [1.54, 1.807) is 14.0 Å². The first-order chi connectivity index (χ1) is 5.00. The molecule has 0 radical (unpaired) electrons. The lowest BCUT2D eigenvalue weighted by Gasteiger charge is -2.25. The fourth-order valence-electron chi connectivity index (χ4n) is 0.973. The third-order valence-electron chi connectivity index (χ3n) is 1.91. The fourth-order valence-corrected chi connectivity index (χ4v) is 0.973. The number of nitrogens with zero attached hydrogens (tertiary/aromatic N) is 1. The van der Waals surface area contributed by atoms with Crippen LogP contribution < -0.4 is 0 Å². The lowest BCUT2D eigenvalue weighted by atomic mass is 10.1. The molecule has 0 rings (SSSR count). The minimum atomic E-state index is -0.301. The average Bonchev–Trinajstić information content (AvgIpc) is 1.88. The van der Waals surface area contributed by atoms with Gasteiger partial charge in [-0.05, 0) is 27.9 Å². The Morgan fingerprint density at radius 2 is 1.91 bits per heavy atom. The quantitative estimate of drug-likeness (QED) is 0.599. The van der Waals surface area contributed by atoms with Crippen LogP contribution >= 0.6 is 0 Å². The molecule has 0 amide bonds. The summed E-state index contributed by atoms with van der Waals surface area (Å²) in [6.07, 6.45) is -0.301. The molecule has 3 heteroatoms. The van der Waals surface area contributed by atoms with Crippen LogP contribution in [0.4, 0.5) is 0 Å². The number of likely N-dealkylation sites (N-methyl/N-ethyl adjacent to an activating group) is 1. The van der Waals surface area contributed by atoms with Crippen molar-refractivity contribution in [2.24, 2.45) is 0 Å². The van der Waals surface area contributed by atoms with Gasteiger partial charge < -0.3 is 9.64 Å². The van der Waals surface area contributed by atoms with Gasteiger partial charge in [-0.15, -0.1) is 0 Å². The van der Waals surface area contributed by atoms with Crippen LogP contribution in [-0.2, 0) is 9.53 Å². The van der Waals surface area contributed by atoms with Crippen molar-refractivity contribution in [2.75, 3.05) is 21.2 Å². The third-order valence-corrected chi connectivity index (χ3v) is 1.91. The molecule has 0 unspecified atom stereocenters. The third kappa shape index (κ3) is 2.99. The van der Waals surface area contributed by atoms with Crippen molar-refractivity contribution >= 4 is 5.78 Å². The van der Waals surface area contributed by atoms with Crippen molar-refractivity contribution in [3.63, 3.8) is 0 Å². The lowest BCUT2D eigenvalue weighted by Crippen LogP contribution is -2.41. The van der Waals surface area contributed by atoms with Crippen molar-refractivity contribution in [1.82, 2.24) is 4.90 Å². The van der Waals surface area contributed by atoms with Crippen LogP contribution in [0.15, 0.2) is 0 Å². The summed E-state index contributed by atoms with van der Waals surface area (Å²) in [4.78, 5) is 12.9. The molecule has 0 aromatic carbocycles. The number of hydrogen-bond acceptors (Lipinski definition) is 3. The van der Waals surface area contributed by atoms with Crippen LogP contribution in [0.25, 0.3) is 0 Å². The number of ketones is 1. The van der Waals surface area contributed by atoms with E-state index in [-0.39, 0.29) is 17.9 Å². The van der Waals surface area contributed by atoms with E-state index in [0.717, 1.165) is 0 Å². The molecule has 0 heterocycles. The monoisotopic (exact) mass is 159 g/mol. The van der Waals surface area contributed by atoms with Gasteiger partial charge in [-0.1, -0.05) is 0 Å². The van der Waals surface area contributed by atoms with E-state index in [9.17, 15) is 4.79 Å². The number of carbonyl (C=O) groups excluding carboxylic acids is 1. The molecule has 66 valence electrons. The van der Waals surface area contributed by atoms with Gasteiger partial charge in [0.2, 0.25) is 0 Å². The van der Waals surface area contributed by atoms with Crippen molar-refractivity contribution < 1.29 is 9.53 Å². The molecule has 0 aromatic heterocycles. The van der Waals surface area contributed by atoms with Crippen LogP contribution in [0.3, 0.4) is 0 Å². The molecule has 0 bridgehead atoms. The first-order valence-electron chi connectivity index (χ1n) is 3.70. The summed E-state index contributed by atoms with van der Waals surface area (Å²) >= 11 is 0. The zero-order valence-corrected chi connectivity index (χ0v) is 7.92. The van der Waals surface area contributed by atoms with Crippen molar-refractivity contribution in [1.29, 1.82) is 0 Å². The van der Waals surface area contributed by atoms with Crippen molar-refractivity contribution in [3.8, 4) is 0 Å². The summed E-state index contributed by atoms with van der Waals surface area (Å²) in [5.41, 5.74) is 0. The van der Waals surface area contributed by atoms with Crippen LogP contribution in [0, 0.1) is 0 Å². The van der Waals surface area contributed by atoms with E-state index in [2.05, 4.69) is 0 Å². The highest BCUT2D eigenvalue weighted by Gasteiger charge is 2.22. The minimum Gasteiger partial charge on any atom is -0.372 e. The Kier molecular flexibility index (Phi) is 4.30. The van der Waals surface area contributed by atoms with Crippen LogP contribution in [-0.4, -0.2) is 44.0 Å². The maximum absolute atomic E-state index is 11.0. The smallest absolute Gasteiger partial charge is 0.160 e. The molecule has 0 aliphatic heterocycles. The van der Waals surface area contributed by atoms with E-state index < -0.39 is 0 Å². The van der Waals surface area contributed by atoms with Gasteiger partial charge in [-0.3, -0.25) is 4.79 Å². The summed E-state index contributed by atoms with van der Waals surface area (Å²) in [6.45, 7) is 3.52. The Balaban J connectivity index is 4.14. The Morgan fingerprint density at radius 3 is 2.00 bits per heavy atom. The summed E-state index contributed by atoms with van der Waals surface area (Å²) in [5, 5.41) is 0.